The fraction of sp³-hybridized carbons (Fsp3) is 0.478. The van der Waals surface area contributed by atoms with Crippen LogP contribution in [0.25, 0.3) is 0 Å². The minimum absolute atomic E-state index is 0.0743. The Hall–Kier alpha value is -2.23. The van der Waals surface area contributed by atoms with Crippen LogP contribution in [0.4, 0.5) is 5.69 Å². The number of thiophene rings is 1. The van der Waals surface area contributed by atoms with Crippen LogP contribution in [-0.4, -0.2) is 55.6 Å². The number of nitrogens with one attached hydrogen (secondary N) is 1. The number of carbonyl (C=O) groups excluding carboxylic acids is 2. The number of rotatable bonds is 5. The molecule has 0 bridgehead atoms. The predicted molar refractivity (Wildman–Crippen MR) is 125 cm³/mol. The zero-order valence-corrected chi connectivity index (χ0v) is 19.7. The minimum atomic E-state index is -3.67. The van der Waals surface area contributed by atoms with E-state index in [1.807, 2.05) is 35.2 Å². The molecule has 0 atom stereocenters. The first-order valence-electron chi connectivity index (χ1n) is 11.2. The van der Waals surface area contributed by atoms with Crippen molar-refractivity contribution in [3.63, 3.8) is 0 Å². The number of hydrogen-bond acceptors (Lipinski definition) is 5. The maximum absolute atomic E-state index is 13.1. The molecule has 2 aliphatic rings. The van der Waals surface area contributed by atoms with Gasteiger partial charge in [-0.3, -0.25) is 9.59 Å². The zero-order valence-electron chi connectivity index (χ0n) is 18.0. The van der Waals surface area contributed by atoms with Gasteiger partial charge in [-0.15, -0.1) is 11.3 Å². The summed E-state index contributed by atoms with van der Waals surface area (Å²) in [6, 6.07) is 10.8. The molecule has 1 aromatic carbocycles. The zero-order chi connectivity index (χ0) is 22.6. The highest BCUT2D eigenvalue weighted by Crippen LogP contribution is 2.29. The molecule has 7 nitrogen and oxygen atoms in total. The van der Waals surface area contributed by atoms with Gasteiger partial charge in [0.05, 0.1) is 5.56 Å². The lowest BCUT2D eigenvalue weighted by Crippen LogP contribution is -2.41. The van der Waals surface area contributed by atoms with E-state index in [2.05, 4.69) is 5.32 Å². The molecular formula is C23H29N3O4S2. The number of likely N-dealkylation sites (tertiary alicyclic amines) is 1. The second-order valence-electron chi connectivity index (χ2n) is 8.39. The van der Waals surface area contributed by atoms with Gasteiger partial charge >= 0.3 is 0 Å². The van der Waals surface area contributed by atoms with Gasteiger partial charge in [0.1, 0.15) is 4.21 Å². The Morgan fingerprint density at radius 1 is 0.938 bits per heavy atom. The van der Waals surface area contributed by atoms with Crippen LogP contribution < -0.4 is 5.32 Å². The summed E-state index contributed by atoms with van der Waals surface area (Å²) in [6.07, 6.45) is 5.20. The summed E-state index contributed by atoms with van der Waals surface area (Å²) in [5, 5.41) is 4.55. The van der Waals surface area contributed by atoms with Crippen molar-refractivity contribution in [2.45, 2.75) is 42.7 Å². The lowest BCUT2D eigenvalue weighted by atomic mass is 9.97. The van der Waals surface area contributed by atoms with Crippen molar-refractivity contribution in [3.05, 3.63) is 47.3 Å². The maximum atomic E-state index is 13.1. The molecule has 2 aliphatic heterocycles. The second-order valence-corrected chi connectivity index (χ2v) is 11.5. The summed E-state index contributed by atoms with van der Waals surface area (Å²) in [5.74, 6) is -0.374. The van der Waals surface area contributed by atoms with Gasteiger partial charge in [-0.1, -0.05) is 31.0 Å². The fourth-order valence-electron chi connectivity index (χ4n) is 4.27. The molecule has 2 amide bonds. The van der Waals surface area contributed by atoms with E-state index < -0.39 is 10.0 Å². The van der Waals surface area contributed by atoms with Crippen LogP contribution in [0.2, 0.25) is 0 Å². The molecule has 2 fully saturated rings. The molecule has 0 radical (unpaired) electrons. The van der Waals surface area contributed by atoms with Gasteiger partial charge in [0, 0.05) is 43.2 Å². The van der Waals surface area contributed by atoms with Crippen molar-refractivity contribution in [1.29, 1.82) is 0 Å². The molecular weight excluding hydrogens is 446 g/mol. The van der Waals surface area contributed by atoms with Crippen molar-refractivity contribution in [2.24, 2.45) is 5.92 Å². The molecule has 9 heteroatoms. The van der Waals surface area contributed by atoms with E-state index in [0.717, 1.165) is 55.8 Å². The Bertz CT molecular complexity index is 1040. The van der Waals surface area contributed by atoms with Crippen molar-refractivity contribution in [3.8, 4) is 0 Å². The van der Waals surface area contributed by atoms with Gasteiger partial charge in [-0.25, -0.2) is 8.42 Å². The lowest BCUT2D eigenvalue weighted by molar-refractivity contribution is -0.120. The molecule has 172 valence electrons. The summed E-state index contributed by atoms with van der Waals surface area (Å²) < 4.78 is 27.9. The third kappa shape index (κ3) is 5.22. The molecule has 1 N–H and O–H groups in total. The molecule has 0 spiro atoms. The van der Waals surface area contributed by atoms with Crippen LogP contribution in [0, 0.1) is 5.92 Å². The Morgan fingerprint density at radius 3 is 2.25 bits per heavy atom. The van der Waals surface area contributed by atoms with Crippen LogP contribution in [-0.2, 0) is 14.8 Å². The molecule has 2 aromatic rings. The highest BCUT2D eigenvalue weighted by molar-refractivity contribution is 7.91. The third-order valence-corrected chi connectivity index (χ3v) is 9.49. The first-order valence-corrected chi connectivity index (χ1v) is 13.5. The van der Waals surface area contributed by atoms with Crippen LogP contribution in [0.15, 0.2) is 46.0 Å². The third-order valence-electron chi connectivity index (χ3n) is 6.18. The maximum Gasteiger partial charge on any atom is 0.254 e. The SMILES string of the molecule is O=C(Nc1ccccc1)C1CCN(S(=O)(=O)c2cc(C(=O)N3CCCCCC3)cs2)CC1. The molecule has 32 heavy (non-hydrogen) atoms. The van der Waals surface area contributed by atoms with E-state index in [1.54, 1.807) is 5.38 Å². The summed E-state index contributed by atoms with van der Waals surface area (Å²) in [6.45, 7) is 2.05. The minimum Gasteiger partial charge on any atom is -0.339 e. The average Bonchev–Trinajstić information content (AvgIpc) is 3.16. The number of nitrogens with zero attached hydrogens (tertiary/aromatic N) is 2. The molecule has 3 heterocycles. The predicted octanol–water partition coefficient (Wildman–Crippen LogP) is 3.80. The molecule has 2 saturated heterocycles. The largest absolute Gasteiger partial charge is 0.339 e. The number of carbonyl (C=O) groups is 2. The first-order chi connectivity index (χ1) is 15.4. The van der Waals surface area contributed by atoms with Crippen molar-refractivity contribution in [1.82, 2.24) is 9.21 Å². The normalized spacial score (nSPS) is 18.8. The number of anilines is 1. The molecule has 0 unspecified atom stereocenters. The molecule has 4 rings (SSSR count). The van der Waals surface area contributed by atoms with Crippen LogP contribution in [0.5, 0.6) is 0 Å². The van der Waals surface area contributed by atoms with Crippen LogP contribution >= 0.6 is 11.3 Å². The smallest absolute Gasteiger partial charge is 0.254 e. The highest BCUT2D eigenvalue weighted by Gasteiger charge is 2.33. The van der Waals surface area contributed by atoms with Gasteiger partial charge in [0.2, 0.25) is 5.91 Å². The number of benzene rings is 1. The summed E-state index contributed by atoms with van der Waals surface area (Å²) in [5.41, 5.74) is 1.19. The number of sulfonamides is 1. The van der Waals surface area contributed by atoms with Gasteiger partial charge in [0.25, 0.3) is 15.9 Å². The van der Waals surface area contributed by atoms with Crippen LogP contribution in [0.3, 0.4) is 0 Å². The topological polar surface area (TPSA) is 86.8 Å². The van der Waals surface area contributed by atoms with Gasteiger partial charge in [-0.05, 0) is 43.9 Å². The van der Waals surface area contributed by atoms with Crippen molar-refractivity contribution in [2.75, 3.05) is 31.5 Å². The van der Waals surface area contributed by atoms with Crippen molar-refractivity contribution >= 4 is 38.9 Å². The lowest BCUT2D eigenvalue weighted by Gasteiger charge is -2.30. The highest BCUT2D eigenvalue weighted by atomic mass is 32.2. The van der Waals surface area contributed by atoms with E-state index in [0.29, 0.717) is 31.5 Å². The van der Waals surface area contributed by atoms with Gasteiger partial charge in [0.15, 0.2) is 0 Å². The number of piperidine rings is 1. The van der Waals surface area contributed by atoms with E-state index >= 15 is 0 Å². The second kappa shape index (κ2) is 10.1. The Morgan fingerprint density at radius 2 is 1.59 bits per heavy atom. The summed E-state index contributed by atoms with van der Waals surface area (Å²) in [7, 11) is -3.67. The average molecular weight is 476 g/mol. The Kier molecular flexibility index (Phi) is 7.27. The van der Waals surface area contributed by atoms with E-state index in [9.17, 15) is 18.0 Å². The molecule has 1 aromatic heterocycles. The molecule has 0 saturated carbocycles. The van der Waals surface area contributed by atoms with Gasteiger partial charge < -0.3 is 10.2 Å². The number of para-hydroxylation sites is 1. The number of hydrogen-bond donors (Lipinski definition) is 1. The van der Waals surface area contributed by atoms with E-state index in [-0.39, 0.29) is 21.9 Å². The van der Waals surface area contributed by atoms with Crippen LogP contribution in [0.1, 0.15) is 48.9 Å². The Balaban J connectivity index is 1.36. The van der Waals surface area contributed by atoms with Crippen molar-refractivity contribution < 1.29 is 18.0 Å². The fourth-order valence-corrected chi connectivity index (χ4v) is 7.05. The number of amides is 2. The summed E-state index contributed by atoms with van der Waals surface area (Å²) in [4.78, 5) is 27.2. The van der Waals surface area contributed by atoms with E-state index in [4.69, 9.17) is 0 Å². The first kappa shape index (κ1) is 22.9. The monoisotopic (exact) mass is 475 g/mol. The molecule has 0 aliphatic carbocycles. The van der Waals surface area contributed by atoms with Gasteiger partial charge in [-0.2, -0.15) is 4.31 Å². The standard InChI is InChI=1S/C23H29N3O4S2/c27-22(24-20-8-4-3-5-9-20)18-10-14-26(15-11-18)32(29,30)21-16-19(17-31-21)23(28)25-12-6-1-2-7-13-25/h3-5,8-9,16-18H,1-2,6-7,10-15H2,(H,24,27). The summed E-state index contributed by atoms with van der Waals surface area (Å²) >= 11 is 1.10. The Labute approximate surface area is 193 Å². The van der Waals surface area contributed by atoms with E-state index in [1.165, 1.54) is 10.4 Å². The quantitative estimate of drug-likeness (QED) is 0.713.